The Bertz CT molecular complexity index is 613. The van der Waals surface area contributed by atoms with Crippen LogP contribution in [0.4, 0.5) is 4.79 Å². The van der Waals surface area contributed by atoms with Gasteiger partial charge in [0.1, 0.15) is 5.84 Å². The van der Waals surface area contributed by atoms with Crippen molar-refractivity contribution in [3.05, 3.63) is 35.9 Å². The van der Waals surface area contributed by atoms with E-state index in [0.29, 0.717) is 19.6 Å². The number of amidine groups is 1. The minimum absolute atomic E-state index is 0.158. The predicted octanol–water partition coefficient (Wildman–Crippen LogP) is 2.17. The second-order valence-electron chi connectivity index (χ2n) is 6.39. The fraction of sp³-hybridized carbons (Fsp3) is 0.550. The van der Waals surface area contributed by atoms with Crippen LogP contribution in [-0.4, -0.2) is 62.1 Å². The zero-order valence-electron chi connectivity index (χ0n) is 16.1. The van der Waals surface area contributed by atoms with E-state index >= 15 is 0 Å². The van der Waals surface area contributed by atoms with E-state index in [0.717, 1.165) is 56.8 Å². The number of amides is 2. The molecule has 2 amide bonds. The van der Waals surface area contributed by atoms with Crippen molar-refractivity contribution in [1.82, 2.24) is 15.5 Å². The van der Waals surface area contributed by atoms with Crippen LogP contribution in [0.1, 0.15) is 38.2 Å². The molecule has 0 aromatic heterocycles. The van der Waals surface area contributed by atoms with Gasteiger partial charge < -0.3 is 20.3 Å². The third-order valence-electron chi connectivity index (χ3n) is 4.30. The highest BCUT2D eigenvalue weighted by Crippen LogP contribution is 2.08. The highest BCUT2D eigenvalue weighted by molar-refractivity contribution is 6.04. The Labute approximate surface area is 161 Å². The van der Waals surface area contributed by atoms with Crippen molar-refractivity contribution in [2.45, 2.75) is 32.6 Å². The maximum Gasteiger partial charge on any atom is 0.342 e. The van der Waals surface area contributed by atoms with Gasteiger partial charge in [0.05, 0.1) is 6.61 Å². The van der Waals surface area contributed by atoms with E-state index in [2.05, 4.69) is 20.5 Å². The summed E-state index contributed by atoms with van der Waals surface area (Å²) in [5, 5.41) is 6.16. The van der Waals surface area contributed by atoms with Gasteiger partial charge in [-0.05, 0) is 19.8 Å². The SMILES string of the molecule is CCOC(=O)CCCCCNC(=O)/N=C(\c1ccccc1)N1CCNCC1. The summed E-state index contributed by atoms with van der Waals surface area (Å²) in [6.45, 7) is 6.20. The van der Waals surface area contributed by atoms with Crippen LogP contribution >= 0.6 is 0 Å². The molecule has 148 valence electrons. The number of carbonyl (C=O) groups is 2. The molecule has 0 aliphatic carbocycles. The number of carbonyl (C=O) groups excluding carboxylic acids is 2. The number of urea groups is 1. The maximum atomic E-state index is 12.3. The quantitative estimate of drug-likeness (QED) is 0.315. The summed E-state index contributed by atoms with van der Waals surface area (Å²) in [5.41, 5.74) is 0.948. The summed E-state index contributed by atoms with van der Waals surface area (Å²) >= 11 is 0. The van der Waals surface area contributed by atoms with Crippen molar-refractivity contribution >= 4 is 17.8 Å². The van der Waals surface area contributed by atoms with Crippen molar-refractivity contribution in [1.29, 1.82) is 0 Å². The minimum atomic E-state index is -0.322. The van der Waals surface area contributed by atoms with Gasteiger partial charge in [0.25, 0.3) is 0 Å². The highest BCUT2D eigenvalue weighted by atomic mass is 16.5. The number of unbranched alkanes of at least 4 members (excludes halogenated alkanes) is 2. The van der Waals surface area contributed by atoms with Crippen LogP contribution in [0.15, 0.2) is 35.3 Å². The predicted molar refractivity (Wildman–Crippen MR) is 106 cm³/mol. The fourth-order valence-electron chi connectivity index (χ4n) is 2.92. The van der Waals surface area contributed by atoms with Gasteiger partial charge in [-0.1, -0.05) is 36.8 Å². The second-order valence-corrected chi connectivity index (χ2v) is 6.39. The lowest BCUT2D eigenvalue weighted by Gasteiger charge is -2.30. The van der Waals surface area contributed by atoms with Crippen LogP contribution in [-0.2, 0) is 9.53 Å². The first-order valence-electron chi connectivity index (χ1n) is 9.74. The molecule has 1 saturated heterocycles. The molecule has 0 bridgehead atoms. The van der Waals surface area contributed by atoms with E-state index in [1.54, 1.807) is 6.92 Å². The minimum Gasteiger partial charge on any atom is -0.466 e. The molecule has 2 rings (SSSR count). The zero-order valence-corrected chi connectivity index (χ0v) is 16.1. The van der Waals surface area contributed by atoms with E-state index < -0.39 is 0 Å². The molecule has 2 N–H and O–H groups in total. The first-order chi connectivity index (χ1) is 13.2. The summed E-state index contributed by atoms with van der Waals surface area (Å²) < 4.78 is 4.89. The Hall–Kier alpha value is -2.41. The number of ether oxygens (including phenoxy) is 1. The van der Waals surface area contributed by atoms with Crippen molar-refractivity contribution < 1.29 is 14.3 Å². The number of benzene rings is 1. The number of hydrogen-bond donors (Lipinski definition) is 2. The first-order valence-corrected chi connectivity index (χ1v) is 9.74. The van der Waals surface area contributed by atoms with Crippen molar-refractivity contribution in [2.75, 3.05) is 39.3 Å². The number of hydrogen-bond acceptors (Lipinski definition) is 4. The van der Waals surface area contributed by atoms with Crippen LogP contribution in [0.25, 0.3) is 0 Å². The maximum absolute atomic E-state index is 12.3. The third kappa shape index (κ3) is 7.78. The third-order valence-corrected chi connectivity index (χ3v) is 4.30. The summed E-state index contributed by atoms with van der Waals surface area (Å²) in [6.07, 6.45) is 2.89. The van der Waals surface area contributed by atoms with Crippen LogP contribution in [0.5, 0.6) is 0 Å². The molecule has 0 atom stereocenters. The average Bonchev–Trinajstić information content (AvgIpc) is 2.70. The summed E-state index contributed by atoms with van der Waals surface area (Å²) in [7, 11) is 0. The molecule has 27 heavy (non-hydrogen) atoms. The van der Waals surface area contributed by atoms with Crippen molar-refractivity contribution in [3.63, 3.8) is 0 Å². The van der Waals surface area contributed by atoms with Crippen LogP contribution in [0.3, 0.4) is 0 Å². The van der Waals surface area contributed by atoms with Crippen LogP contribution < -0.4 is 10.6 Å². The molecule has 1 fully saturated rings. The Morgan fingerprint density at radius 1 is 1.15 bits per heavy atom. The van der Waals surface area contributed by atoms with Crippen molar-refractivity contribution in [3.8, 4) is 0 Å². The normalized spacial score (nSPS) is 14.7. The van der Waals surface area contributed by atoms with Gasteiger partial charge in [-0.3, -0.25) is 4.79 Å². The van der Waals surface area contributed by atoms with E-state index in [9.17, 15) is 9.59 Å². The fourth-order valence-corrected chi connectivity index (χ4v) is 2.92. The van der Waals surface area contributed by atoms with Gasteiger partial charge >= 0.3 is 12.0 Å². The summed E-state index contributed by atoms with van der Waals surface area (Å²) in [4.78, 5) is 30.0. The largest absolute Gasteiger partial charge is 0.466 e. The van der Waals surface area contributed by atoms with E-state index in [1.165, 1.54) is 0 Å². The summed E-state index contributed by atoms with van der Waals surface area (Å²) in [5.74, 6) is 0.562. The molecule has 0 saturated carbocycles. The Morgan fingerprint density at radius 3 is 2.59 bits per heavy atom. The molecular weight excluding hydrogens is 344 g/mol. The molecule has 1 aliphatic rings. The smallest absolute Gasteiger partial charge is 0.342 e. The highest BCUT2D eigenvalue weighted by Gasteiger charge is 2.17. The molecule has 0 unspecified atom stereocenters. The molecule has 1 aliphatic heterocycles. The number of nitrogens with one attached hydrogen (secondary N) is 2. The van der Waals surface area contributed by atoms with Crippen LogP contribution in [0.2, 0.25) is 0 Å². The van der Waals surface area contributed by atoms with Crippen molar-refractivity contribution in [2.24, 2.45) is 4.99 Å². The number of rotatable bonds is 8. The van der Waals surface area contributed by atoms with Gasteiger partial charge in [0.15, 0.2) is 0 Å². The molecule has 0 radical (unpaired) electrons. The topological polar surface area (TPSA) is 83.0 Å². The number of piperazine rings is 1. The zero-order chi connectivity index (χ0) is 19.3. The van der Waals surface area contributed by atoms with Gasteiger partial charge in [-0.2, -0.15) is 4.99 Å². The molecule has 1 aromatic rings. The first kappa shape index (κ1) is 20.9. The Balaban J connectivity index is 1.81. The molecule has 0 spiro atoms. The molecule has 7 heteroatoms. The van der Waals surface area contributed by atoms with Crippen LogP contribution in [0, 0.1) is 0 Å². The van der Waals surface area contributed by atoms with Gasteiger partial charge in [0, 0.05) is 44.7 Å². The van der Waals surface area contributed by atoms with Gasteiger partial charge in [-0.25, -0.2) is 4.79 Å². The lowest BCUT2D eigenvalue weighted by molar-refractivity contribution is -0.143. The molecule has 7 nitrogen and oxygen atoms in total. The van der Waals surface area contributed by atoms with E-state index in [-0.39, 0.29) is 12.0 Å². The Morgan fingerprint density at radius 2 is 1.89 bits per heavy atom. The number of esters is 1. The standard InChI is InChI=1S/C20H30N4O3/c1-2-27-18(25)11-7-4-8-12-22-20(26)23-19(17-9-5-3-6-10-17)24-15-13-21-14-16-24/h3,5-6,9-10,21H,2,4,7-8,11-16H2,1H3,(H,22,26)/b23-19+. The molecular formula is C20H30N4O3. The lowest BCUT2D eigenvalue weighted by Crippen LogP contribution is -2.47. The van der Waals surface area contributed by atoms with Gasteiger partial charge in [-0.15, -0.1) is 0 Å². The average molecular weight is 374 g/mol. The monoisotopic (exact) mass is 374 g/mol. The summed E-state index contributed by atoms with van der Waals surface area (Å²) in [6, 6.07) is 9.49. The number of nitrogens with zero attached hydrogens (tertiary/aromatic N) is 2. The molecule has 1 aromatic carbocycles. The van der Waals surface area contributed by atoms with E-state index in [1.807, 2.05) is 30.3 Å². The Kier molecular flexibility index (Phi) is 9.34. The molecule has 1 heterocycles. The van der Waals surface area contributed by atoms with E-state index in [4.69, 9.17) is 4.74 Å². The second kappa shape index (κ2) is 12.1. The number of aliphatic imine (C=N–C) groups is 1. The van der Waals surface area contributed by atoms with Gasteiger partial charge in [0.2, 0.25) is 0 Å². The lowest BCUT2D eigenvalue weighted by atomic mass is 10.1.